The van der Waals surface area contributed by atoms with Crippen LogP contribution in [0.3, 0.4) is 0 Å². The van der Waals surface area contributed by atoms with Crippen LogP contribution < -0.4 is 14.2 Å². The van der Waals surface area contributed by atoms with Gasteiger partial charge in [0.05, 0.1) is 26.9 Å². The molecule has 0 radical (unpaired) electrons. The van der Waals surface area contributed by atoms with Gasteiger partial charge in [0.15, 0.2) is 17.3 Å². The number of hydrogen-bond donors (Lipinski definition) is 1. The minimum Gasteiger partial charge on any atom is -0.507 e. The average molecular weight is 316 g/mol. The third-order valence-corrected chi connectivity index (χ3v) is 3.57. The van der Waals surface area contributed by atoms with E-state index < -0.39 is 0 Å². The van der Waals surface area contributed by atoms with Crippen LogP contribution in [0, 0.1) is 0 Å². The normalized spacial score (nSPS) is 13.8. The number of allylic oxidation sites excluding steroid dienone is 5. The van der Waals surface area contributed by atoms with Crippen molar-refractivity contribution in [1.82, 2.24) is 0 Å². The van der Waals surface area contributed by atoms with E-state index in [9.17, 15) is 9.90 Å². The lowest BCUT2D eigenvalue weighted by Gasteiger charge is -2.15. The molecule has 0 amide bonds. The third kappa shape index (κ3) is 3.56. The molecule has 1 aliphatic rings. The van der Waals surface area contributed by atoms with Gasteiger partial charge in [-0.25, -0.2) is 0 Å². The summed E-state index contributed by atoms with van der Waals surface area (Å²) in [5, 5.41) is 10.2. The van der Waals surface area contributed by atoms with Crippen LogP contribution in [0.25, 0.3) is 6.08 Å². The highest BCUT2D eigenvalue weighted by molar-refractivity contribution is 6.07. The molecule has 0 aliphatic heterocycles. The molecule has 122 valence electrons. The zero-order valence-corrected chi connectivity index (χ0v) is 13.5. The number of carbonyl (C=O) groups is 1. The lowest BCUT2D eigenvalue weighted by molar-refractivity contribution is -0.111. The van der Waals surface area contributed by atoms with E-state index in [0.29, 0.717) is 29.2 Å². The Morgan fingerprint density at radius 2 is 1.87 bits per heavy atom. The predicted molar refractivity (Wildman–Crippen MR) is 88.3 cm³/mol. The molecule has 0 aromatic heterocycles. The van der Waals surface area contributed by atoms with Gasteiger partial charge in [0.2, 0.25) is 5.75 Å². The summed E-state index contributed by atoms with van der Waals surface area (Å²) in [5.41, 5.74) is 1.10. The van der Waals surface area contributed by atoms with Gasteiger partial charge in [0, 0.05) is 6.07 Å². The van der Waals surface area contributed by atoms with E-state index in [-0.39, 0.29) is 11.5 Å². The van der Waals surface area contributed by atoms with Gasteiger partial charge in [-0.1, -0.05) is 18.2 Å². The minimum absolute atomic E-state index is 0.0546. The summed E-state index contributed by atoms with van der Waals surface area (Å²) in [6.07, 6.45) is 10.2. The number of phenolic OH excluding ortho intramolecular Hbond substituents is 1. The molecule has 1 aromatic rings. The second kappa shape index (κ2) is 7.54. The van der Waals surface area contributed by atoms with Crippen molar-refractivity contribution in [3.63, 3.8) is 0 Å². The van der Waals surface area contributed by atoms with Gasteiger partial charge < -0.3 is 19.3 Å². The standard InChI is InChI=1S/C18H20O5/c1-21-16-11-15(20)13(17(22-2)18(16)23-3)9-10-14(19)12-7-5-4-6-8-12/h4-5,8-11,20H,6-7H2,1-3H3. The van der Waals surface area contributed by atoms with Crippen LogP contribution >= 0.6 is 0 Å². The molecule has 0 unspecified atom stereocenters. The van der Waals surface area contributed by atoms with Crippen LogP contribution in [-0.2, 0) is 4.79 Å². The topological polar surface area (TPSA) is 65.0 Å². The lowest BCUT2D eigenvalue weighted by Crippen LogP contribution is -2.00. The Morgan fingerprint density at radius 3 is 2.43 bits per heavy atom. The van der Waals surface area contributed by atoms with Crippen molar-refractivity contribution in [2.75, 3.05) is 21.3 Å². The maximum Gasteiger partial charge on any atom is 0.204 e. The van der Waals surface area contributed by atoms with Gasteiger partial charge in [-0.3, -0.25) is 4.79 Å². The molecule has 0 saturated heterocycles. The molecular formula is C18H20O5. The van der Waals surface area contributed by atoms with Crippen molar-refractivity contribution in [3.8, 4) is 23.0 Å². The second-order valence-corrected chi connectivity index (χ2v) is 4.92. The number of phenols is 1. The molecule has 0 heterocycles. The first-order valence-electron chi connectivity index (χ1n) is 7.20. The fraction of sp³-hybridized carbons (Fsp3) is 0.278. The number of aromatic hydroxyl groups is 1. The van der Waals surface area contributed by atoms with Crippen LogP contribution in [0.4, 0.5) is 0 Å². The maximum absolute atomic E-state index is 12.2. The molecule has 1 aromatic carbocycles. The minimum atomic E-state index is -0.0920. The molecular weight excluding hydrogens is 296 g/mol. The monoisotopic (exact) mass is 316 g/mol. The third-order valence-electron chi connectivity index (χ3n) is 3.57. The van der Waals surface area contributed by atoms with Crippen LogP contribution in [0.15, 0.2) is 35.9 Å². The maximum atomic E-state index is 12.2. The first-order chi connectivity index (χ1) is 11.1. The predicted octanol–water partition coefficient (Wildman–Crippen LogP) is 3.28. The van der Waals surface area contributed by atoms with Crippen LogP contribution in [0.2, 0.25) is 0 Å². The summed E-state index contributed by atoms with van der Waals surface area (Å²) in [5.74, 6) is 0.878. The molecule has 0 spiro atoms. The highest BCUT2D eigenvalue weighted by atomic mass is 16.5. The van der Waals surface area contributed by atoms with Gasteiger partial charge in [-0.05, 0) is 30.6 Å². The fourth-order valence-corrected chi connectivity index (χ4v) is 2.39. The van der Waals surface area contributed by atoms with Gasteiger partial charge in [0.25, 0.3) is 0 Å². The first-order valence-corrected chi connectivity index (χ1v) is 7.20. The zero-order chi connectivity index (χ0) is 16.8. The number of ether oxygens (including phenoxy) is 3. The quantitative estimate of drug-likeness (QED) is 0.644. The Morgan fingerprint density at radius 1 is 1.13 bits per heavy atom. The largest absolute Gasteiger partial charge is 0.507 e. The molecule has 0 atom stereocenters. The number of rotatable bonds is 6. The molecule has 0 bridgehead atoms. The number of methoxy groups -OCH3 is 3. The number of benzene rings is 1. The summed E-state index contributed by atoms with van der Waals surface area (Å²) in [7, 11) is 4.42. The van der Waals surface area contributed by atoms with Crippen LogP contribution in [0.5, 0.6) is 23.0 Å². The Bertz CT molecular complexity index is 683. The zero-order valence-electron chi connectivity index (χ0n) is 13.5. The van der Waals surface area contributed by atoms with Gasteiger partial charge in [-0.15, -0.1) is 0 Å². The van der Waals surface area contributed by atoms with Crippen molar-refractivity contribution in [1.29, 1.82) is 0 Å². The molecule has 5 heteroatoms. The summed E-state index contributed by atoms with van der Waals surface area (Å²) in [6, 6.07) is 1.42. The van der Waals surface area contributed by atoms with E-state index in [4.69, 9.17) is 14.2 Å². The second-order valence-electron chi connectivity index (χ2n) is 4.92. The SMILES string of the molecule is COc1cc(O)c(C=CC(=O)C2=CCC=CC2)c(OC)c1OC. The van der Waals surface area contributed by atoms with Crippen molar-refractivity contribution in [2.45, 2.75) is 12.8 Å². The summed E-state index contributed by atoms with van der Waals surface area (Å²) >= 11 is 0. The van der Waals surface area contributed by atoms with E-state index in [1.165, 1.54) is 39.5 Å². The Labute approximate surface area is 135 Å². The van der Waals surface area contributed by atoms with Crippen LogP contribution in [0.1, 0.15) is 18.4 Å². The van der Waals surface area contributed by atoms with Crippen molar-refractivity contribution >= 4 is 11.9 Å². The molecule has 0 saturated carbocycles. The Hall–Kier alpha value is -2.69. The first kappa shape index (κ1) is 16.7. The lowest BCUT2D eigenvalue weighted by atomic mass is 10.0. The fourth-order valence-electron chi connectivity index (χ4n) is 2.39. The van der Waals surface area contributed by atoms with Gasteiger partial charge >= 0.3 is 0 Å². The smallest absolute Gasteiger partial charge is 0.204 e. The van der Waals surface area contributed by atoms with Gasteiger partial charge in [0.1, 0.15) is 5.75 Å². The van der Waals surface area contributed by atoms with Crippen molar-refractivity contribution < 1.29 is 24.1 Å². The van der Waals surface area contributed by atoms with E-state index in [1.807, 2.05) is 18.2 Å². The Kier molecular flexibility index (Phi) is 5.46. The highest BCUT2D eigenvalue weighted by Gasteiger charge is 2.19. The van der Waals surface area contributed by atoms with Crippen molar-refractivity contribution in [2.24, 2.45) is 0 Å². The summed E-state index contributed by atoms with van der Waals surface area (Å²) < 4.78 is 15.8. The molecule has 0 fully saturated rings. The van der Waals surface area contributed by atoms with E-state index in [2.05, 4.69) is 0 Å². The molecule has 1 N–H and O–H groups in total. The highest BCUT2D eigenvalue weighted by Crippen LogP contribution is 2.45. The molecule has 1 aliphatic carbocycles. The summed E-state index contributed by atoms with van der Waals surface area (Å²) in [4.78, 5) is 12.2. The van der Waals surface area contributed by atoms with E-state index in [1.54, 1.807) is 0 Å². The number of ketones is 1. The van der Waals surface area contributed by atoms with E-state index in [0.717, 1.165) is 12.0 Å². The average Bonchev–Trinajstić information content (AvgIpc) is 2.59. The number of carbonyl (C=O) groups excluding carboxylic acids is 1. The van der Waals surface area contributed by atoms with Crippen LogP contribution in [-0.4, -0.2) is 32.2 Å². The summed E-state index contributed by atoms with van der Waals surface area (Å²) in [6.45, 7) is 0. The molecule has 2 rings (SSSR count). The van der Waals surface area contributed by atoms with E-state index >= 15 is 0 Å². The number of hydrogen-bond acceptors (Lipinski definition) is 5. The molecule has 5 nitrogen and oxygen atoms in total. The Balaban J connectivity index is 2.37. The molecule has 23 heavy (non-hydrogen) atoms. The van der Waals surface area contributed by atoms with Gasteiger partial charge in [-0.2, -0.15) is 0 Å². The van der Waals surface area contributed by atoms with Crippen molar-refractivity contribution in [3.05, 3.63) is 41.5 Å².